The maximum Gasteiger partial charge on any atom is 0.265 e. The lowest BCUT2D eigenvalue weighted by atomic mass is 9.63. The van der Waals surface area contributed by atoms with E-state index in [0.29, 0.717) is 23.9 Å². The number of ether oxygens (including phenoxy) is 2. The zero-order chi connectivity index (χ0) is 23.4. The summed E-state index contributed by atoms with van der Waals surface area (Å²) in [6, 6.07) is 11.7. The fourth-order valence-electron chi connectivity index (χ4n) is 3.88. The monoisotopic (exact) mass is 460 g/mol. The molecule has 2 aromatic carbocycles. The van der Waals surface area contributed by atoms with Crippen LogP contribution in [0.15, 0.2) is 47.4 Å². The van der Waals surface area contributed by atoms with Gasteiger partial charge in [-0.2, -0.15) is 0 Å². The van der Waals surface area contributed by atoms with Crippen LogP contribution in [-0.4, -0.2) is 35.1 Å². The molecule has 8 heteroatoms. The van der Waals surface area contributed by atoms with Crippen molar-refractivity contribution in [3.05, 3.63) is 48.0 Å². The van der Waals surface area contributed by atoms with Crippen LogP contribution in [0.2, 0.25) is 0 Å². The number of anilines is 1. The van der Waals surface area contributed by atoms with E-state index in [1.165, 1.54) is 20.3 Å². The number of amides is 1. The van der Waals surface area contributed by atoms with E-state index >= 15 is 0 Å². The molecule has 0 saturated heterocycles. The number of sulfonamides is 1. The Kier molecular flexibility index (Phi) is 7.33. The van der Waals surface area contributed by atoms with Gasteiger partial charge in [0.25, 0.3) is 10.0 Å². The largest absolute Gasteiger partial charge is 0.497 e. The predicted molar refractivity (Wildman–Crippen MR) is 125 cm³/mol. The molecule has 1 fully saturated rings. The van der Waals surface area contributed by atoms with Crippen LogP contribution in [0.3, 0.4) is 0 Å². The fourth-order valence-corrected chi connectivity index (χ4v) is 5.13. The van der Waals surface area contributed by atoms with Gasteiger partial charge in [-0.05, 0) is 55.0 Å². The molecule has 0 bridgehead atoms. The van der Waals surface area contributed by atoms with Crippen molar-refractivity contribution < 1.29 is 22.7 Å². The minimum Gasteiger partial charge on any atom is -0.497 e. The molecule has 0 aliphatic heterocycles. The van der Waals surface area contributed by atoms with Crippen molar-refractivity contribution in [2.24, 2.45) is 5.92 Å². The molecular formula is C24H32N2O5S. The van der Waals surface area contributed by atoms with Crippen LogP contribution in [0.5, 0.6) is 11.5 Å². The van der Waals surface area contributed by atoms with Crippen LogP contribution in [0.25, 0.3) is 0 Å². The van der Waals surface area contributed by atoms with Gasteiger partial charge in [0.05, 0.1) is 19.6 Å². The molecule has 3 rings (SSSR count). The summed E-state index contributed by atoms with van der Waals surface area (Å²) < 4.78 is 38.9. The first-order valence-electron chi connectivity index (χ1n) is 10.9. The van der Waals surface area contributed by atoms with E-state index in [-0.39, 0.29) is 16.6 Å². The van der Waals surface area contributed by atoms with Gasteiger partial charge < -0.3 is 14.8 Å². The quantitative estimate of drug-likeness (QED) is 0.557. The van der Waals surface area contributed by atoms with Crippen molar-refractivity contribution in [1.29, 1.82) is 0 Å². The van der Waals surface area contributed by atoms with Gasteiger partial charge >= 0.3 is 0 Å². The number of carbonyl (C=O) groups excluding carboxylic acids is 1. The summed E-state index contributed by atoms with van der Waals surface area (Å²) in [5.74, 6) is 1.22. The van der Waals surface area contributed by atoms with Gasteiger partial charge in [0.2, 0.25) is 5.91 Å². The molecule has 2 aromatic rings. The highest BCUT2D eigenvalue weighted by atomic mass is 32.2. The second-order valence-corrected chi connectivity index (χ2v) is 10.2. The van der Waals surface area contributed by atoms with Crippen molar-refractivity contribution >= 4 is 21.6 Å². The number of carbonyl (C=O) groups is 1. The van der Waals surface area contributed by atoms with E-state index in [0.717, 1.165) is 31.2 Å². The number of nitrogens with one attached hydrogen (secondary N) is 2. The molecule has 1 saturated carbocycles. The first-order chi connectivity index (χ1) is 15.2. The highest BCUT2D eigenvalue weighted by Gasteiger charge is 2.45. The molecule has 2 N–H and O–H groups in total. The zero-order valence-electron chi connectivity index (χ0n) is 19.1. The Hall–Kier alpha value is -2.74. The van der Waals surface area contributed by atoms with Gasteiger partial charge in [-0.25, -0.2) is 8.42 Å². The fraction of sp³-hybridized carbons (Fsp3) is 0.458. The Morgan fingerprint density at radius 3 is 2.28 bits per heavy atom. The van der Waals surface area contributed by atoms with Crippen molar-refractivity contribution in [2.75, 3.05) is 25.5 Å². The molecular weight excluding hydrogens is 428 g/mol. The Labute approximate surface area is 190 Å². The van der Waals surface area contributed by atoms with E-state index in [1.54, 1.807) is 24.3 Å². The molecule has 7 nitrogen and oxygen atoms in total. The average molecular weight is 461 g/mol. The SMILES string of the molecule is COc1ccc(OC)c(S(=O)(=O)Nc2ccc(C3(C(=O)NCCC(C)C)CCC3)cc2)c1. The van der Waals surface area contributed by atoms with Gasteiger partial charge in [-0.15, -0.1) is 0 Å². The Morgan fingerprint density at radius 1 is 1.06 bits per heavy atom. The van der Waals surface area contributed by atoms with Crippen LogP contribution in [0.1, 0.15) is 45.1 Å². The van der Waals surface area contributed by atoms with Crippen molar-refractivity contribution in [2.45, 2.75) is 49.8 Å². The molecule has 1 aliphatic carbocycles. The standard InChI is InChI=1S/C24H32N2O5S/c1-17(2)12-15-25-23(27)24(13-5-14-24)18-6-8-19(9-7-18)26-32(28,29)22-16-20(30-3)10-11-21(22)31-4/h6-11,16-17,26H,5,12-15H2,1-4H3,(H,25,27). The zero-order valence-corrected chi connectivity index (χ0v) is 19.9. The van der Waals surface area contributed by atoms with E-state index in [2.05, 4.69) is 23.9 Å². The highest BCUT2D eigenvalue weighted by molar-refractivity contribution is 7.92. The third-order valence-corrected chi connectivity index (χ3v) is 7.40. The van der Waals surface area contributed by atoms with Crippen LogP contribution in [0, 0.1) is 5.92 Å². The predicted octanol–water partition coefficient (Wildman–Crippen LogP) is 4.09. The van der Waals surface area contributed by atoms with Crippen molar-refractivity contribution in [3.8, 4) is 11.5 Å². The van der Waals surface area contributed by atoms with Crippen LogP contribution >= 0.6 is 0 Å². The maximum atomic E-state index is 13.0. The summed E-state index contributed by atoms with van der Waals surface area (Å²) >= 11 is 0. The lowest BCUT2D eigenvalue weighted by Gasteiger charge is -2.41. The summed E-state index contributed by atoms with van der Waals surface area (Å²) in [6.45, 7) is 4.93. The number of hydrogen-bond acceptors (Lipinski definition) is 5. The molecule has 32 heavy (non-hydrogen) atoms. The molecule has 0 spiro atoms. The van der Waals surface area contributed by atoms with E-state index in [4.69, 9.17) is 9.47 Å². The number of methoxy groups -OCH3 is 2. The van der Waals surface area contributed by atoms with Crippen LogP contribution < -0.4 is 19.5 Å². The first-order valence-corrected chi connectivity index (χ1v) is 12.3. The Balaban J connectivity index is 1.78. The van der Waals surface area contributed by atoms with Crippen LogP contribution in [-0.2, 0) is 20.2 Å². The van der Waals surface area contributed by atoms with Gasteiger partial charge in [0, 0.05) is 18.3 Å². The molecule has 1 aliphatic rings. The molecule has 1 amide bonds. The molecule has 174 valence electrons. The molecule has 0 atom stereocenters. The highest BCUT2D eigenvalue weighted by Crippen LogP contribution is 2.44. The smallest absolute Gasteiger partial charge is 0.265 e. The van der Waals surface area contributed by atoms with E-state index in [9.17, 15) is 13.2 Å². The second-order valence-electron chi connectivity index (χ2n) is 8.57. The third kappa shape index (κ3) is 5.01. The first kappa shape index (κ1) is 23.9. The Morgan fingerprint density at radius 2 is 1.75 bits per heavy atom. The van der Waals surface area contributed by atoms with Crippen molar-refractivity contribution in [1.82, 2.24) is 5.32 Å². The lowest BCUT2D eigenvalue weighted by Crippen LogP contribution is -2.49. The molecule has 0 heterocycles. The van der Waals surface area contributed by atoms with Gasteiger partial charge in [0.1, 0.15) is 16.4 Å². The van der Waals surface area contributed by atoms with E-state index in [1.807, 2.05) is 12.1 Å². The number of benzene rings is 2. The topological polar surface area (TPSA) is 93.7 Å². The van der Waals surface area contributed by atoms with Gasteiger partial charge in [0.15, 0.2) is 0 Å². The lowest BCUT2D eigenvalue weighted by molar-refractivity contribution is -0.129. The molecule has 0 unspecified atom stereocenters. The summed E-state index contributed by atoms with van der Waals surface area (Å²) in [7, 11) is -1.01. The summed E-state index contributed by atoms with van der Waals surface area (Å²) in [5, 5.41) is 3.08. The Bertz CT molecular complexity index is 1040. The summed E-state index contributed by atoms with van der Waals surface area (Å²) in [5.41, 5.74) is 0.797. The average Bonchev–Trinajstić information content (AvgIpc) is 2.73. The van der Waals surface area contributed by atoms with Gasteiger partial charge in [-0.3, -0.25) is 9.52 Å². The van der Waals surface area contributed by atoms with Crippen molar-refractivity contribution in [3.63, 3.8) is 0 Å². The van der Waals surface area contributed by atoms with Crippen LogP contribution in [0.4, 0.5) is 5.69 Å². The number of rotatable bonds is 10. The minimum absolute atomic E-state index is 0.0107. The molecule has 0 aromatic heterocycles. The minimum atomic E-state index is -3.90. The summed E-state index contributed by atoms with van der Waals surface area (Å²) in [4.78, 5) is 12.9. The molecule has 0 radical (unpaired) electrons. The second kappa shape index (κ2) is 9.81. The third-order valence-electron chi connectivity index (χ3n) is 6.00. The summed E-state index contributed by atoms with van der Waals surface area (Å²) in [6.07, 6.45) is 3.54. The van der Waals surface area contributed by atoms with Gasteiger partial charge in [-0.1, -0.05) is 32.4 Å². The van der Waals surface area contributed by atoms with E-state index < -0.39 is 15.4 Å². The normalized spacial score (nSPS) is 15.0. The number of hydrogen-bond donors (Lipinski definition) is 2. The maximum absolute atomic E-state index is 13.0.